The SMILES string of the molecule is Cc1ccc(S(=O)(=O)N(CC(=O)NN=C2CCCCC2)c2ccc(C)cc2C)cc1. The maximum atomic E-state index is 13.4. The number of carbonyl (C=O) groups is 1. The van der Waals surface area contributed by atoms with Gasteiger partial charge >= 0.3 is 0 Å². The summed E-state index contributed by atoms with van der Waals surface area (Å²) < 4.78 is 28.0. The molecule has 0 spiro atoms. The van der Waals surface area contributed by atoms with Gasteiger partial charge in [0.1, 0.15) is 6.54 Å². The van der Waals surface area contributed by atoms with E-state index < -0.39 is 15.9 Å². The average molecular weight is 428 g/mol. The first-order valence-electron chi connectivity index (χ1n) is 10.3. The first-order valence-corrected chi connectivity index (χ1v) is 11.7. The monoisotopic (exact) mass is 427 g/mol. The molecule has 7 heteroatoms. The van der Waals surface area contributed by atoms with Gasteiger partial charge in [-0.1, -0.05) is 41.8 Å². The molecular formula is C23H29N3O3S. The van der Waals surface area contributed by atoms with Gasteiger partial charge in [0.25, 0.3) is 15.9 Å². The fourth-order valence-electron chi connectivity index (χ4n) is 3.60. The summed E-state index contributed by atoms with van der Waals surface area (Å²) in [6.07, 6.45) is 5.09. The number of aryl methyl sites for hydroxylation is 3. The average Bonchev–Trinajstić information content (AvgIpc) is 2.72. The minimum absolute atomic E-state index is 0.152. The molecule has 2 aromatic carbocycles. The highest BCUT2D eigenvalue weighted by molar-refractivity contribution is 7.92. The van der Waals surface area contributed by atoms with Crippen LogP contribution in [-0.4, -0.2) is 26.6 Å². The topological polar surface area (TPSA) is 78.8 Å². The Kier molecular flexibility index (Phi) is 6.92. The van der Waals surface area contributed by atoms with Crippen molar-refractivity contribution < 1.29 is 13.2 Å². The highest BCUT2D eigenvalue weighted by Gasteiger charge is 2.28. The number of sulfonamides is 1. The fraction of sp³-hybridized carbons (Fsp3) is 0.391. The van der Waals surface area contributed by atoms with Crippen molar-refractivity contribution >= 4 is 27.3 Å². The van der Waals surface area contributed by atoms with Crippen LogP contribution in [0.5, 0.6) is 0 Å². The van der Waals surface area contributed by atoms with Gasteiger partial charge in [0.15, 0.2) is 0 Å². The Morgan fingerprint density at radius 2 is 1.60 bits per heavy atom. The van der Waals surface area contributed by atoms with Crippen molar-refractivity contribution in [3.8, 4) is 0 Å². The number of hydrogen-bond acceptors (Lipinski definition) is 4. The number of hydrogen-bond donors (Lipinski definition) is 1. The molecule has 0 heterocycles. The van der Waals surface area contributed by atoms with Gasteiger partial charge in [-0.2, -0.15) is 5.10 Å². The quantitative estimate of drug-likeness (QED) is 0.700. The van der Waals surface area contributed by atoms with Crippen LogP contribution in [0.25, 0.3) is 0 Å². The third-order valence-corrected chi connectivity index (χ3v) is 7.06. The molecule has 160 valence electrons. The van der Waals surface area contributed by atoms with Crippen molar-refractivity contribution in [2.75, 3.05) is 10.8 Å². The molecule has 0 radical (unpaired) electrons. The van der Waals surface area contributed by atoms with E-state index in [1.54, 1.807) is 30.3 Å². The second kappa shape index (κ2) is 9.43. The lowest BCUT2D eigenvalue weighted by atomic mass is 9.99. The number of benzene rings is 2. The molecule has 1 aliphatic carbocycles. The minimum Gasteiger partial charge on any atom is -0.271 e. The highest BCUT2D eigenvalue weighted by Crippen LogP contribution is 2.27. The fourth-order valence-corrected chi connectivity index (χ4v) is 5.09. The van der Waals surface area contributed by atoms with Crippen molar-refractivity contribution in [2.45, 2.75) is 57.8 Å². The van der Waals surface area contributed by atoms with Crippen LogP contribution in [0.3, 0.4) is 0 Å². The summed E-state index contributed by atoms with van der Waals surface area (Å²) in [6, 6.07) is 12.1. The lowest BCUT2D eigenvalue weighted by Gasteiger charge is -2.25. The van der Waals surface area contributed by atoms with Gasteiger partial charge in [-0.3, -0.25) is 9.10 Å². The Bertz CT molecular complexity index is 1040. The van der Waals surface area contributed by atoms with E-state index in [1.807, 2.05) is 32.9 Å². The van der Waals surface area contributed by atoms with Crippen LogP contribution in [0.1, 0.15) is 48.8 Å². The predicted octanol–water partition coefficient (Wildman–Crippen LogP) is 4.24. The number of nitrogens with one attached hydrogen (secondary N) is 1. The van der Waals surface area contributed by atoms with E-state index in [2.05, 4.69) is 10.5 Å². The standard InChI is InChI=1S/C23H29N3O3S/c1-17-9-12-21(13-10-17)30(28,29)26(22-14-11-18(2)15-19(22)3)16-23(27)25-24-20-7-5-4-6-8-20/h9-15H,4-8,16H2,1-3H3,(H,25,27). The van der Waals surface area contributed by atoms with Crippen LogP contribution in [-0.2, 0) is 14.8 Å². The molecule has 0 aromatic heterocycles. The maximum absolute atomic E-state index is 13.4. The third kappa shape index (κ3) is 5.27. The summed E-state index contributed by atoms with van der Waals surface area (Å²) in [4.78, 5) is 12.8. The molecular weight excluding hydrogens is 398 g/mol. The first kappa shape index (κ1) is 22.0. The van der Waals surface area contributed by atoms with Crippen molar-refractivity contribution in [1.82, 2.24) is 5.43 Å². The molecule has 1 fully saturated rings. The number of hydrazone groups is 1. The van der Waals surface area contributed by atoms with Gasteiger partial charge < -0.3 is 0 Å². The van der Waals surface area contributed by atoms with Crippen molar-refractivity contribution in [2.24, 2.45) is 5.10 Å². The molecule has 2 aromatic rings. The zero-order valence-electron chi connectivity index (χ0n) is 17.8. The van der Waals surface area contributed by atoms with Crippen molar-refractivity contribution in [1.29, 1.82) is 0 Å². The van der Waals surface area contributed by atoms with Crippen LogP contribution >= 0.6 is 0 Å². The Labute approximate surface area is 179 Å². The molecule has 0 saturated heterocycles. The molecule has 3 rings (SSSR count). The second-order valence-electron chi connectivity index (χ2n) is 7.89. The highest BCUT2D eigenvalue weighted by atomic mass is 32.2. The third-order valence-electron chi connectivity index (χ3n) is 5.29. The molecule has 1 saturated carbocycles. The van der Waals surface area contributed by atoms with Gasteiger partial charge in [0.2, 0.25) is 0 Å². The molecule has 0 bridgehead atoms. The van der Waals surface area contributed by atoms with E-state index >= 15 is 0 Å². The molecule has 0 unspecified atom stereocenters. The summed E-state index contributed by atoms with van der Waals surface area (Å²) in [5.74, 6) is -0.455. The van der Waals surface area contributed by atoms with Gasteiger partial charge in [0.05, 0.1) is 10.6 Å². The van der Waals surface area contributed by atoms with Crippen LogP contribution in [0.2, 0.25) is 0 Å². The van der Waals surface area contributed by atoms with Crippen LogP contribution in [0.15, 0.2) is 52.5 Å². The van der Waals surface area contributed by atoms with Crippen LogP contribution in [0, 0.1) is 20.8 Å². The maximum Gasteiger partial charge on any atom is 0.264 e. The molecule has 1 aliphatic rings. The molecule has 0 aliphatic heterocycles. The van der Waals surface area contributed by atoms with Crippen LogP contribution in [0.4, 0.5) is 5.69 Å². The zero-order valence-corrected chi connectivity index (χ0v) is 18.6. The molecule has 30 heavy (non-hydrogen) atoms. The summed E-state index contributed by atoms with van der Waals surface area (Å²) >= 11 is 0. The van der Waals surface area contributed by atoms with E-state index in [0.29, 0.717) is 5.69 Å². The minimum atomic E-state index is -3.92. The second-order valence-corrected chi connectivity index (χ2v) is 9.75. The smallest absolute Gasteiger partial charge is 0.264 e. The van der Waals surface area contributed by atoms with Gasteiger partial charge in [0, 0.05) is 5.71 Å². The Morgan fingerprint density at radius 3 is 2.23 bits per heavy atom. The number of amides is 1. The number of carbonyl (C=O) groups excluding carboxylic acids is 1. The lowest BCUT2D eigenvalue weighted by Crippen LogP contribution is -2.40. The number of nitrogens with zero attached hydrogens (tertiary/aromatic N) is 2. The van der Waals surface area contributed by atoms with Gasteiger partial charge in [-0.05, 0) is 70.2 Å². The van der Waals surface area contributed by atoms with Gasteiger partial charge in [-0.15, -0.1) is 0 Å². The van der Waals surface area contributed by atoms with E-state index in [-0.39, 0.29) is 11.4 Å². The summed E-state index contributed by atoms with van der Waals surface area (Å²) in [5.41, 5.74) is 6.79. The summed E-state index contributed by atoms with van der Waals surface area (Å²) in [6.45, 7) is 5.36. The summed E-state index contributed by atoms with van der Waals surface area (Å²) in [7, 11) is -3.92. The van der Waals surface area contributed by atoms with Gasteiger partial charge in [-0.25, -0.2) is 13.8 Å². The zero-order chi connectivity index (χ0) is 21.7. The van der Waals surface area contributed by atoms with E-state index in [1.165, 1.54) is 10.7 Å². The number of anilines is 1. The Balaban J connectivity index is 1.91. The Hall–Kier alpha value is -2.67. The molecule has 6 nitrogen and oxygen atoms in total. The van der Waals surface area contributed by atoms with Crippen molar-refractivity contribution in [3.05, 3.63) is 59.2 Å². The van der Waals surface area contributed by atoms with Crippen molar-refractivity contribution in [3.63, 3.8) is 0 Å². The largest absolute Gasteiger partial charge is 0.271 e. The lowest BCUT2D eigenvalue weighted by molar-refractivity contribution is -0.119. The Morgan fingerprint density at radius 1 is 0.967 bits per heavy atom. The normalized spacial score (nSPS) is 14.3. The first-order chi connectivity index (χ1) is 14.3. The van der Waals surface area contributed by atoms with E-state index in [4.69, 9.17) is 0 Å². The molecule has 0 atom stereocenters. The van der Waals surface area contributed by atoms with E-state index in [0.717, 1.165) is 48.1 Å². The number of rotatable bonds is 6. The molecule has 1 N–H and O–H groups in total. The van der Waals surface area contributed by atoms with E-state index in [9.17, 15) is 13.2 Å². The predicted molar refractivity (Wildman–Crippen MR) is 120 cm³/mol. The summed E-state index contributed by atoms with van der Waals surface area (Å²) in [5, 5.41) is 4.23. The van der Waals surface area contributed by atoms with Crippen LogP contribution < -0.4 is 9.73 Å². The molecule has 1 amide bonds.